The lowest BCUT2D eigenvalue weighted by Gasteiger charge is -2.28. The lowest BCUT2D eigenvalue weighted by molar-refractivity contribution is 0.742. The maximum Gasteiger partial charge on any atom is 0.159 e. The summed E-state index contributed by atoms with van der Waals surface area (Å²) in [6.07, 6.45) is 1.97. The van der Waals surface area contributed by atoms with Crippen LogP contribution in [0.2, 0.25) is 15.2 Å². The fraction of sp³-hybridized carbons (Fsp3) is 0.308. The molecule has 0 saturated carbocycles. The minimum absolute atomic E-state index is 0.627. The third-order valence-corrected chi connectivity index (χ3v) is 4.32. The summed E-state index contributed by atoms with van der Waals surface area (Å²) < 4.78 is 1.70. The number of rotatable bonds is 1. The Kier molecular flexibility index (Phi) is 3.37. The quantitative estimate of drug-likeness (QED) is 0.774. The molecule has 19 heavy (non-hydrogen) atoms. The third kappa shape index (κ3) is 2.20. The zero-order valence-electron chi connectivity index (χ0n) is 10.3. The van der Waals surface area contributed by atoms with Crippen LogP contribution >= 0.6 is 34.8 Å². The number of benzene rings is 1. The molecule has 0 N–H and O–H groups in total. The molecule has 0 amide bonds. The van der Waals surface area contributed by atoms with Gasteiger partial charge in [0.05, 0.1) is 10.7 Å². The number of hydrogen-bond acceptors (Lipinski definition) is 2. The molecular weight excluding hydrogens is 305 g/mol. The van der Waals surface area contributed by atoms with E-state index < -0.39 is 0 Å². The van der Waals surface area contributed by atoms with E-state index >= 15 is 0 Å². The van der Waals surface area contributed by atoms with E-state index in [4.69, 9.17) is 34.8 Å². The molecule has 2 aromatic rings. The van der Waals surface area contributed by atoms with Crippen molar-refractivity contribution in [1.29, 1.82) is 0 Å². The van der Waals surface area contributed by atoms with Crippen LogP contribution in [0.5, 0.6) is 0 Å². The van der Waals surface area contributed by atoms with Crippen molar-refractivity contribution in [1.82, 2.24) is 9.78 Å². The monoisotopic (exact) mass is 315 g/mol. The van der Waals surface area contributed by atoms with Gasteiger partial charge in [-0.05, 0) is 31.0 Å². The largest absolute Gasteiger partial charge is 0.323 e. The van der Waals surface area contributed by atoms with Crippen LogP contribution in [0.3, 0.4) is 0 Å². The van der Waals surface area contributed by atoms with E-state index in [1.165, 1.54) is 0 Å². The summed E-state index contributed by atoms with van der Waals surface area (Å²) in [6.45, 7) is 0.877. The number of aromatic nitrogens is 2. The van der Waals surface area contributed by atoms with E-state index in [2.05, 4.69) is 10.00 Å². The number of fused-ring (bicyclic) bond motifs is 1. The Morgan fingerprint density at radius 2 is 2.00 bits per heavy atom. The van der Waals surface area contributed by atoms with Crippen LogP contribution in [-0.2, 0) is 13.5 Å². The van der Waals surface area contributed by atoms with Crippen molar-refractivity contribution in [3.8, 4) is 0 Å². The molecule has 0 fully saturated rings. The van der Waals surface area contributed by atoms with Gasteiger partial charge in [0.25, 0.3) is 0 Å². The van der Waals surface area contributed by atoms with Gasteiger partial charge in [0.1, 0.15) is 5.15 Å². The molecule has 0 bridgehead atoms. The van der Waals surface area contributed by atoms with Crippen molar-refractivity contribution in [2.75, 3.05) is 11.4 Å². The van der Waals surface area contributed by atoms with E-state index in [-0.39, 0.29) is 0 Å². The lowest BCUT2D eigenvalue weighted by Crippen LogP contribution is -2.24. The number of nitrogens with zero attached hydrogens (tertiary/aromatic N) is 3. The molecule has 0 aliphatic carbocycles. The van der Waals surface area contributed by atoms with Crippen LogP contribution in [0, 0.1) is 0 Å². The Morgan fingerprint density at radius 1 is 1.21 bits per heavy atom. The fourth-order valence-electron chi connectivity index (χ4n) is 2.42. The van der Waals surface area contributed by atoms with Crippen molar-refractivity contribution in [2.45, 2.75) is 12.8 Å². The van der Waals surface area contributed by atoms with Gasteiger partial charge in [-0.2, -0.15) is 5.10 Å². The highest BCUT2D eigenvalue weighted by Crippen LogP contribution is 2.39. The predicted octanol–water partition coefficient (Wildman–Crippen LogP) is 4.46. The van der Waals surface area contributed by atoms with Crippen molar-refractivity contribution in [2.24, 2.45) is 7.05 Å². The van der Waals surface area contributed by atoms with Crippen LogP contribution in [0.1, 0.15) is 12.0 Å². The predicted molar refractivity (Wildman–Crippen MR) is 80.0 cm³/mol. The fourth-order valence-corrected chi connectivity index (χ4v) is 3.15. The molecule has 1 aliphatic rings. The highest BCUT2D eigenvalue weighted by molar-refractivity contribution is 6.36. The molecule has 0 radical (unpaired) electrons. The summed E-state index contributed by atoms with van der Waals surface area (Å²) in [5.41, 5.74) is 2.00. The smallest absolute Gasteiger partial charge is 0.159 e. The molecular formula is C13H12Cl3N3. The first kappa shape index (κ1) is 13.1. The Bertz CT molecular complexity index is 636. The van der Waals surface area contributed by atoms with Crippen LogP contribution < -0.4 is 4.90 Å². The van der Waals surface area contributed by atoms with Crippen LogP contribution in [0.15, 0.2) is 18.2 Å². The summed E-state index contributed by atoms with van der Waals surface area (Å²) in [6, 6.07) is 5.50. The molecule has 1 aliphatic heterocycles. The van der Waals surface area contributed by atoms with Crippen LogP contribution in [0.25, 0.3) is 0 Å². The van der Waals surface area contributed by atoms with Gasteiger partial charge >= 0.3 is 0 Å². The molecule has 0 saturated heterocycles. The Hall–Kier alpha value is -0.900. The molecule has 0 spiro atoms. The van der Waals surface area contributed by atoms with Gasteiger partial charge in [-0.3, -0.25) is 4.68 Å². The second-order valence-corrected chi connectivity index (χ2v) is 5.77. The average molecular weight is 317 g/mol. The maximum absolute atomic E-state index is 6.28. The highest BCUT2D eigenvalue weighted by atomic mass is 35.5. The minimum Gasteiger partial charge on any atom is -0.323 e. The first-order chi connectivity index (χ1) is 9.08. The van der Waals surface area contributed by atoms with Gasteiger partial charge in [0.15, 0.2) is 5.82 Å². The molecule has 1 aromatic carbocycles. The van der Waals surface area contributed by atoms with Gasteiger partial charge in [-0.25, -0.2) is 0 Å². The van der Waals surface area contributed by atoms with Crippen molar-refractivity contribution >= 4 is 46.3 Å². The molecule has 3 nitrogen and oxygen atoms in total. The summed E-state index contributed by atoms with van der Waals surface area (Å²) in [5, 5.41) is 6.45. The topological polar surface area (TPSA) is 21.1 Å². The lowest BCUT2D eigenvalue weighted by atomic mass is 10.1. The number of hydrogen-bond donors (Lipinski definition) is 0. The standard InChI is InChI=1S/C13H12Cl3N3/c1-18-12(16)9-3-2-6-19(13(9)17-18)11-5-4-8(14)7-10(11)15/h4-5,7H,2-3,6H2,1H3. The molecule has 0 unspecified atom stereocenters. The molecule has 0 atom stereocenters. The number of anilines is 2. The normalized spacial score (nSPS) is 14.6. The second kappa shape index (κ2) is 4.89. The molecule has 1 aromatic heterocycles. The van der Waals surface area contributed by atoms with Crippen LogP contribution in [0.4, 0.5) is 11.5 Å². The van der Waals surface area contributed by atoms with E-state index in [0.29, 0.717) is 15.2 Å². The SMILES string of the molecule is Cn1nc2c(c1Cl)CCCN2c1ccc(Cl)cc1Cl. The second-order valence-electron chi connectivity index (χ2n) is 4.57. The minimum atomic E-state index is 0.627. The summed E-state index contributed by atoms with van der Waals surface area (Å²) in [4.78, 5) is 2.10. The first-order valence-electron chi connectivity index (χ1n) is 6.02. The van der Waals surface area contributed by atoms with E-state index in [1.54, 1.807) is 10.7 Å². The first-order valence-corrected chi connectivity index (χ1v) is 7.15. The zero-order chi connectivity index (χ0) is 13.6. The zero-order valence-corrected chi connectivity index (χ0v) is 12.6. The summed E-state index contributed by atoms with van der Waals surface area (Å²) in [7, 11) is 1.85. The summed E-state index contributed by atoms with van der Waals surface area (Å²) >= 11 is 18.5. The number of halogens is 3. The van der Waals surface area contributed by atoms with Crippen LogP contribution in [-0.4, -0.2) is 16.3 Å². The van der Waals surface area contributed by atoms with Gasteiger partial charge in [-0.1, -0.05) is 34.8 Å². The molecule has 100 valence electrons. The Balaban J connectivity index is 2.11. The van der Waals surface area contributed by atoms with Crippen molar-refractivity contribution in [3.63, 3.8) is 0 Å². The number of aryl methyl sites for hydroxylation is 1. The van der Waals surface area contributed by atoms with Crippen molar-refractivity contribution in [3.05, 3.63) is 39.0 Å². The van der Waals surface area contributed by atoms with E-state index in [1.807, 2.05) is 19.2 Å². The van der Waals surface area contributed by atoms with Gasteiger partial charge in [0, 0.05) is 24.2 Å². The van der Waals surface area contributed by atoms with E-state index in [9.17, 15) is 0 Å². The van der Waals surface area contributed by atoms with Gasteiger partial charge in [-0.15, -0.1) is 0 Å². The Morgan fingerprint density at radius 3 is 2.74 bits per heavy atom. The Labute approximate surface area is 126 Å². The molecule has 3 rings (SSSR count). The third-order valence-electron chi connectivity index (χ3n) is 3.31. The molecule has 2 heterocycles. The van der Waals surface area contributed by atoms with Crippen molar-refractivity contribution < 1.29 is 0 Å². The molecule has 6 heteroatoms. The van der Waals surface area contributed by atoms with Gasteiger partial charge in [0.2, 0.25) is 0 Å². The van der Waals surface area contributed by atoms with E-state index in [0.717, 1.165) is 36.5 Å². The highest BCUT2D eigenvalue weighted by Gasteiger charge is 2.26. The maximum atomic E-state index is 6.28. The van der Waals surface area contributed by atoms with Gasteiger partial charge < -0.3 is 4.90 Å². The summed E-state index contributed by atoms with van der Waals surface area (Å²) in [5.74, 6) is 0.892. The average Bonchev–Trinajstić information content (AvgIpc) is 2.66.